The van der Waals surface area contributed by atoms with E-state index in [-0.39, 0.29) is 11.5 Å². The average Bonchev–Trinajstić information content (AvgIpc) is 2.46. The second-order valence-electron chi connectivity index (χ2n) is 5.69. The number of hydrogen-bond donors (Lipinski definition) is 1. The average molecular weight is 291 g/mol. The van der Waals surface area contributed by atoms with Crippen LogP contribution < -0.4 is 5.32 Å². The summed E-state index contributed by atoms with van der Waals surface area (Å²) in [6.45, 7) is 9.54. The lowest BCUT2D eigenvalue weighted by Gasteiger charge is -2.31. The number of esters is 1. The molecule has 1 unspecified atom stereocenters. The first-order valence-corrected chi connectivity index (χ1v) is 8.05. The molecule has 21 heavy (non-hydrogen) atoms. The Labute approximate surface area is 129 Å². The molecule has 0 amide bonds. The molecule has 3 heteroatoms. The second-order valence-corrected chi connectivity index (χ2v) is 5.69. The Morgan fingerprint density at radius 1 is 1.14 bits per heavy atom. The zero-order valence-corrected chi connectivity index (χ0v) is 13.9. The molecule has 1 rings (SSSR count). The Balaban J connectivity index is 2.91. The summed E-state index contributed by atoms with van der Waals surface area (Å²) in [5.41, 5.74) is 2.12. The summed E-state index contributed by atoms with van der Waals surface area (Å²) in [5.74, 6) is -0.152. The summed E-state index contributed by atoms with van der Waals surface area (Å²) in [5, 5.41) is 3.50. The first-order valence-electron chi connectivity index (χ1n) is 8.05. The fraction of sp³-hybridized carbons (Fsp3) is 0.611. The van der Waals surface area contributed by atoms with Gasteiger partial charge in [0.15, 0.2) is 0 Å². The predicted octanol–water partition coefficient (Wildman–Crippen LogP) is 3.81. The maximum atomic E-state index is 11.9. The third-order valence-electron chi connectivity index (χ3n) is 3.70. The predicted molar refractivity (Wildman–Crippen MR) is 87.3 cm³/mol. The Morgan fingerprint density at radius 2 is 1.81 bits per heavy atom. The van der Waals surface area contributed by atoms with Crippen molar-refractivity contribution in [2.75, 3.05) is 13.2 Å². The number of nitrogens with one attached hydrogen (secondary N) is 1. The summed E-state index contributed by atoms with van der Waals surface area (Å²) in [7, 11) is 0. The number of rotatable bonds is 9. The van der Waals surface area contributed by atoms with E-state index in [1.165, 1.54) is 5.56 Å². The maximum absolute atomic E-state index is 11.9. The van der Waals surface area contributed by atoms with E-state index in [1.807, 2.05) is 6.92 Å². The van der Waals surface area contributed by atoms with Crippen LogP contribution in [0.1, 0.15) is 58.1 Å². The number of carbonyl (C=O) groups is 1. The van der Waals surface area contributed by atoms with Gasteiger partial charge in [-0.05, 0) is 44.4 Å². The third kappa shape index (κ3) is 5.50. The Morgan fingerprint density at radius 3 is 2.33 bits per heavy atom. The van der Waals surface area contributed by atoms with Crippen molar-refractivity contribution in [2.24, 2.45) is 0 Å². The van der Waals surface area contributed by atoms with Crippen LogP contribution in [0.5, 0.6) is 0 Å². The molecule has 0 heterocycles. The maximum Gasteiger partial charge on any atom is 0.307 e. The largest absolute Gasteiger partial charge is 0.466 e. The van der Waals surface area contributed by atoms with E-state index in [1.54, 1.807) is 0 Å². The molecular formula is C18H29NO2. The van der Waals surface area contributed by atoms with E-state index < -0.39 is 0 Å². The molecule has 1 aromatic carbocycles. The van der Waals surface area contributed by atoms with E-state index in [0.29, 0.717) is 13.0 Å². The van der Waals surface area contributed by atoms with E-state index >= 15 is 0 Å². The molecule has 1 atom stereocenters. The molecule has 0 bridgehead atoms. The van der Waals surface area contributed by atoms with Crippen LogP contribution in [0.2, 0.25) is 0 Å². The number of benzene rings is 1. The molecule has 0 radical (unpaired) electrons. The van der Waals surface area contributed by atoms with Gasteiger partial charge in [-0.2, -0.15) is 0 Å². The molecule has 118 valence electrons. The molecule has 0 aromatic heterocycles. The molecule has 0 saturated carbocycles. The van der Waals surface area contributed by atoms with E-state index in [0.717, 1.165) is 31.4 Å². The van der Waals surface area contributed by atoms with Gasteiger partial charge in [-0.15, -0.1) is 0 Å². The van der Waals surface area contributed by atoms with Crippen molar-refractivity contribution in [3.8, 4) is 0 Å². The molecule has 0 saturated heterocycles. The lowest BCUT2D eigenvalue weighted by molar-refractivity contribution is -0.144. The Bertz CT molecular complexity index is 427. The number of ether oxygens (including phenoxy) is 1. The SMILES string of the molecule is CCCNC(C)(CC(=O)OCC)c1ccc(CCC)cc1. The van der Waals surface area contributed by atoms with Crippen molar-refractivity contribution in [1.29, 1.82) is 0 Å². The lowest BCUT2D eigenvalue weighted by Crippen LogP contribution is -2.42. The summed E-state index contributed by atoms with van der Waals surface area (Å²) in [6, 6.07) is 8.59. The molecule has 1 N–H and O–H groups in total. The minimum Gasteiger partial charge on any atom is -0.466 e. The van der Waals surface area contributed by atoms with Gasteiger partial charge < -0.3 is 10.1 Å². The van der Waals surface area contributed by atoms with Crippen molar-refractivity contribution in [3.63, 3.8) is 0 Å². The van der Waals surface area contributed by atoms with Crippen molar-refractivity contribution >= 4 is 5.97 Å². The van der Waals surface area contributed by atoms with Gasteiger partial charge in [0.25, 0.3) is 0 Å². The highest BCUT2D eigenvalue weighted by atomic mass is 16.5. The van der Waals surface area contributed by atoms with Crippen LogP contribution in [0, 0.1) is 0 Å². The fourth-order valence-corrected chi connectivity index (χ4v) is 2.50. The van der Waals surface area contributed by atoms with Crippen LogP contribution in [0.15, 0.2) is 24.3 Å². The van der Waals surface area contributed by atoms with Crippen LogP contribution in [-0.2, 0) is 21.5 Å². The van der Waals surface area contributed by atoms with Gasteiger partial charge in [0.05, 0.1) is 18.6 Å². The molecule has 0 aliphatic carbocycles. The third-order valence-corrected chi connectivity index (χ3v) is 3.70. The van der Waals surface area contributed by atoms with E-state index in [4.69, 9.17) is 4.74 Å². The highest BCUT2D eigenvalue weighted by Crippen LogP contribution is 2.26. The van der Waals surface area contributed by atoms with E-state index in [9.17, 15) is 4.79 Å². The molecule has 0 spiro atoms. The quantitative estimate of drug-likeness (QED) is 0.703. The van der Waals surface area contributed by atoms with Gasteiger partial charge >= 0.3 is 5.97 Å². The van der Waals surface area contributed by atoms with Crippen LogP contribution in [0.3, 0.4) is 0 Å². The summed E-state index contributed by atoms with van der Waals surface area (Å²) < 4.78 is 5.12. The standard InChI is InChI=1S/C18H29NO2/c1-5-8-15-9-11-16(12-10-15)18(4,19-13-6-2)14-17(20)21-7-3/h9-12,19H,5-8,13-14H2,1-4H3. The normalized spacial score (nSPS) is 13.7. The molecule has 0 aliphatic heterocycles. The van der Waals surface area contributed by atoms with Crippen molar-refractivity contribution in [1.82, 2.24) is 5.32 Å². The monoisotopic (exact) mass is 291 g/mol. The second kappa shape index (κ2) is 8.83. The van der Waals surface area contributed by atoms with Gasteiger partial charge in [0.2, 0.25) is 0 Å². The molecule has 0 fully saturated rings. The van der Waals surface area contributed by atoms with Crippen LogP contribution in [-0.4, -0.2) is 19.1 Å². The fourth-order valence-electron chi connectivity index (χ4n) is 2.50. The van der Waals surface area contributed by atoms with Gasteiger partial charge in [-0.3, -0.25) is 4.79 Å². The molecular weight excluding hydrogens is 262 g/mol. The zero-order chi connectivity index (χ0) is 15.7. The zero-order valence-electron chi connectivity index (χ0n) is 13.9. The number of carbonyl (C=O) groups excluding carboxylic acids is 1. The van der Waals surface area contributed by atoms with Crippen LogP contribution in [0.25, 0.3) is 0 Å². The van der Waals surface area contributed by atoms with Crippen molar-refractivity contribution in [3.05, 3.63) is 35.4 Å². The van der Waals surface area contributed by atoms with Gasteiger partial charge in [0, 0.05) is 0 Å². The minimum atomic E-state index is -0.368. The van der Waals surface area contributed by atoms with Crippen molar-refractivity contribution < 1.29 is 9.53 Å². The first kappa shape index (κ1) is 17.7. The van der Waals surface area contributed by atoms with Crippen LogP contribution >= 0.6 is 0 Å². The van der Waals surface area contributed by atoms with E-state index in [2.05, 4.69) is 50.4 Å². The highest BCUT2D eigenvalue weighted by molar-refractivity contribution is 5.71. The van der Waals surface area contributed by atoms with Gasteiger partial charge in [-0.1, -0.05) is 44.5 Å². The summed E-state index contributed by atoms with van der Waals surface area (Å²) in [6.07, 6.45) is 3.63. The van der Waals surface area contributed by atoms with Gasteiger partial charge in [-0.25, -0.2) is 0 Å². The smallest absolute Gasteiger partial charge is 0.307 e. The van der Waals surface area contributed by atoms with Gasteiger partial charge in [0.1, 0.15) is 0 Å². The summed E-state index contributed by atoms with van der Waals surface area (Å²) in [4.78, 5) is 11.9. The Hall–Kier alpha value is -1.35. The minimum absolute atomic E-state index is 0.152. The Kier molecular flexibility index (Phi) is 7.44. The lowest BCUT2D eigenvalue weighted by atomic mass is 9.87. The molecule has 1 aromatic rings. The molecule has 3 nitrogen and oxygen atoms in total. The number of aryl methyl sites for hydroxylation is 1. The summed E-state index contributed by atoms with van der Waals surface area (Å²) >= 11 is 0. The first-order chi connectivity index (χ1) is 10.1. The highest BCUT2D eigenvalue weighted by Gasteiger charge is 2.29. The molecule has 0 aliphatic rings. The van der Waals surface area contributed by atoms with Crippen LogP contribution in [0.4, 0.5) is 0 Å². The number of hydrogen-bond acceptors (Lipinski definition) is 3. The van der Waals surface area contributed by atoms with Crippen molar-refractivity contribution in [2.45, 2.75) is 58.9 Å². The topological polar surface area (TPSA) is 38.3 Å².